The van der Waals surface area contributed by atoms with Crippen LogP contribution in [-0.2, 0) is 7.05 Å². The van der Waals surface area contributed by atoms with Crippen molar-refractivity contribution >= 4 is 11.7 Å². The summed E-state index contributed by atoms with van der Waals surface area (Å²) < 4.78 is 1.50. The molecule has 16 heavy (non-hydrogen) atoms. The van der Waals surface area contributed by atoms with Crippen LogP contribution in [0.25, 0.3) is 0 Å². The first-order valence-corrected chi connectivity index (χ1v) is 4.87. The summed E-state index contributed by atoms with van der Waals surface area (Å²) in [5, 5.41) is 17.7. The fraction of sp³-hybridized carbons (Fsp3) is 0.444. The molecule has 1 amide bonds. The molecule has 4 N–H and O–H groups in total. The van der Waals surface area contributed by atoms with Crippen molar-refractivity contribution in [3.05, 3.63) is 18.0 Å². The molecule has 1 heterocycles. The predicted octanol–water partition coefficient (Wildman–Crippen LogP) is -0.323. The van der Waals surface area contributed by atoms with E-state index in [9.17, 15) is 4.79 Å². The Morgan fingerprint density at radius 2 is 2.50 bits per heavy atom. The van der Waals surface area contributed by atoms with E-state index in [0.29, 0.717) is 25.1 Å². The van der Waals surface area contributed by atoms with Gasteiger partial charge in [0.15, 0.2) is 0 Å². The molecule has 0 saturated carbocycles. The molecule has 1 rings (SSSR count). The van der Waals surface area contributed by atoms with Crippen LogP contribution in [0.2, 0.25) is 0 Å². The molecule has 0 aliphatic heterocycles. The molecular weight excluding hydrogens is 210 g/mol. The second-order valence-electron chi connectivity index (χ2n) is 3.29. The minimum Gasteiger partial charge on any atom is -0.409 e. The highest BCUT2D eigenvalue weighted by Gasteiger charge is 2.08. The largest absolute Gasteiger partial charge is 0.409 e. The zero-order chi connectivity index (χ0) is 12.0. The Kier molecular flexibility index (Phi) is 4.31. The van der Waals surface area contributed by atoms with E-state index < -0.39 is 0 Å². The van der Waals surface area contributed by atoms with Crippen LogP contribution < -0.4 is 11.1 Å². The Balaban J connectivity index is 2.29. The maximum atomic E-state index is 11.6. The Morgan fingerprint density at radius 3 is 3.06 bits per heavy atom. The minimum atomic E-state index is -0.181. The van der Waals surface area contributed by atoms with Crippen LogP contribution in [-0.4, -0.2) is 33.3 Å². The van der Waals surface area contributed by atoms with Crippen molar-refractivity contribution in [1.29, 1.82) is 0 Å². The Bertz CT molecular complexity index is 385. The zero-order valence-electron chi connectivity index (χ0n) is 9.05. The Hall–Kier alpha value is -2.05. The van der Waals surface area contributed by atoms with Crippen LogP contribution in [0.15, 0.2) is 17.4 Å². The molecule has 1 aromatic rings. The molecule has 88 valence electrons. The first kappa shape index (κ1) is 12.0. The van der Waals surface area contributed by atoms with Crippen LogP contribution in [0.4, 0.5) is 0 Å². The number of carbonyl (C=O) groups excluding carboxylic acids is 1. The first-order chi connectivity index (χ1) is 7.65. The molecule has 7 heteroatoms. The van der Waals surface area contributed by atoms with Gasteiger partial charge < -0.3 is 16.3 Å². The van der Waals surface area contributed by atoms with Gasteiger partial charge in [-0.25, -0.2) is 0 Å². The van der Waals surface area contributed by atoms with Crippen molar-refractivity contribution in [2.24, 2.45) is 17.9 Å². The second kappa shape index (κ2) is 5.74. The molecule has 0 bridgehead atoms. The summed E-state index contributed by atoms with van der Waals surface area (Å²) in [5.41, 5.74) is 5.79. The van der Waals surface area contributed by atoms with E-state index >= 15 is 0 Å². The average molecular weight is 225 g/mol. The number of aryl methyl sites for hydroxylation is 1. The third-order valence-corrected chi connectivity index (χ3v) is 2.08. The Labute approximate surface area is 92.9 Å². The van der Waals surface area contributed by atoms with Crippen molar-refractivity contribution in [1.82, 2.24) is 15.1 Å². The topological polar surface area (TPSA) is 106 Å². The molecule has 0 spiro atoms. The number of amidine groups is 1. The number of aromatic nitrogens is 2. The highest BCUT2D eigenvalue weighted by molar-refractivity contribution is 5.92. The van der Waals surface area contributed by atoms with Crippen molar-refractivity contribution < 1.29 is 10.0 Å². The number of nitrogens with two attached hydrogens (primary N) is 1. The number of nitrogens with one attached hydrogen (secondary N) is 1. The van der Waals surface area contributed by atoms with Gasteiger partial charge in [-0.15, -0.1) is 0 Å². The molecule has 0 saturated heterocycles. The lowest BCUT2D eigenvalue weighted by atomic mass is 10.3. The molecule has 0 aliphatic carbocycles. The van der Waals surface area contributed by atoms with Crippen molar-refractivity contribution in [2.75, 3.05) is 6.54 Å². The van der Waals surface area contributed by atoms with E-state index in [1.54, 1.807) is 19.3 Å². The minimum absolute atomic E-state index is 0.162. The van der Waals surface area contributed by atoms with E-state index in [-0.39, 0.29) is 11.7 Å². The van der Waals surface area contributed by atoms with E-state index in [1.807, 2.05) is 0 Å². The van der Waals surface area contributed by atoms with Gasteiger partial charge in [0.25, 0.3) is 5.91 Å². The van der Waals surface area contributed by atoms with Crippen LogP contribution in [0.3, 0.4) is 0 Å². The third kappa shape index (κ3) is 3.26. The van der Waals surface area contributed by atoms with Crippen molar-refractivity contribution in [3.63, 3.8) is 0 Å². The lowest BCUT2D eigenvalue weighted by Crippen LogP contribution is -2.27. The van der Waals surface area contributed by atoms with Gasteiger partial charge in [0, 0.05) is 26.2 Å². The van der Waals surface area contributed by atoms with Gasteiger partial charge in [0.05, 0.1) is 0 Å². The quantitative estimate of drug-likeness (QED) is 0.210. The number of hydrogen-bond donors (Lipinski definition) is 3. The second-order valence-corrected chi connectivity index (χ2v) is 3.29. The maximum absolute atomic E-state index is 11.6. The van der Waals surface area contributed by atoms with Gasteiger partial charge in [0.1, 0.15) is 11.5 Å². The van der Waals surface area contributed by atoms with Crippen LogP contribution in [0.5, 0.6) is 0 Å². The molecule has 0 fully saturated rings. The monoisotopic (exact) mass is 225 g/mol. The van der Waals surface area contributed by atoms with Crippen LogP contribution in [0.1, 0.15) is 23.3 Å². The fourth-order valence-corrected chi connectivity index (χ4v) is 1.21. The molecule has 1 aromatic heterocycles. The highest BCUT2D eigenvalue weighted by Crippen LogP contribution is 1.96. The summed E-state index contributed by atoms with van der Waals surface area (Å²) in [6.07, 6.45) is 2.63. The summed E-state index contributed by atoms with van der Waals surface area (Å²) in [6, 6.07) is 1.64. The first-order valence-electron chi connectivity index (χ1n) is 4.87. The van der Waals surface area contributed by atoms with Gasteiger partial charge >= 0.3 is 0 Å². The van der Waals surface area contributed by atoms with Gasteiger partial charge in [-0.3, -0.25) is 9.48 Å². The molecule has 7 nitrogen and oxygen atoms in total. The number of carbonyl (C=O) groups is 1. The van der Waals surface area contributed by atoms with Gasteiger partial charge in [-0.2, -0.15) is 5.10 Å². The SMILES string of the molecule is Cn1nccc1C(=O)NCCCC(N)=NO. The van der Waals surface area contributed by atoms with E-state index in [0.717, 1.165) is 0 Å². The standard InChI is InChI=1S/C9H15N5O2/c1-14-7(4-6-12-14)9(15)11-5-2-3-8(10)13-16/h4,6,16H,2-3,5H2,1H3,(H2,10,13)(H,11,15). The number of rotatable bonds is 5. The predicted molar refractivity (Wildman–Crippen MR) is 58.2 cm³/mol. The summed E-state index contributed by atoms with van der Waals surface area (Å²) in [5.74, 6) is -0.0192. The molecule has 0 atom stereocenters. The van der Waals surface area contributed by atoms with E-state index in [1.165, 1.54) is 4.68 Å². The van der Waals surface area contributed by atoms with Gasteiger partial charge in [-0.05, 0) is 12.5 Å². The summed E-state index contributed by atoms with van der Waals surface area (Å²) >= 11 is 0. The van der Waals surface area contributed by atoms with Gasteiger partial charge in [0.2, 0.25) is 0 Å². The van der Waals surface area contributed by atoms with Gasteiger partial charge in [-0.1, -0.05) is 5.16 Å². The summed E-state index contributed by atoms with van der Waals surface area (Å²) in [7, 11) is 1.70. The normalized spacial score (nSPS) is 11.4. The molecule has 0 radical (unpaired) electrons. The average Bonchev–Trinajstić information content (AvgIpc) is 2.70. The molecular formula is C9H15N5O2. The van der Waals surface area contributed by atoms with E-state index in [2.05, 4.69) is 15.6 Å². The fourth-order valence-electron chi connectivity index (χ4n) is 1.21. The summed E-state index contributed by atoms with van der Waals surface area (Å²) in [6.45, 7) is 0.472. The van der Waals surface area contributed by atoms with Crippen LogP contribution >= 0.6 is 0 Å². The van der Waals surface area contributed by atoms with Crippen molar-refractivity contribution in [3.8, 4) is 0 Å². The lowest BCUT2D eigenvalue weighted by Gasteiger charge is -2.04. The number of hydrogen-bond acceptors (Lipinski definition) is 4. The summed E-state index contributed by atoms with van der Waals surface area (Å²) in [4.78, 5) is 11.6. The third-order valence-electron chi connectivity index (χ3n) is 2.08. The molecule has 0 aliphatic rings. The number of amides is 1. The number of nitrogens with zero attached hydrogens (tertiary/aromatic N) is 3. The molecule has 0 aromatic carbocycles. The molecule has 0 unspecified atom stereocenters. The van der Waals surface area contributed by atoms with E-state index in [4.69, 9.17) is 10.9 Å². The number of oxime groups is 1. The zero-order valence-corrected chi connectivity index (χ0v) is 9.05. The lowest BCUT2D eigenvalue weighted by molar-refractivity contribution is 0.0944. The van der Waals surface area contributed by atoms with Crippen LogP contribution in [0, 0.1) is 0 Å². The smallest absolute Gasteiger partial charge is 0.269 e. The highest BCUT2D eigenvalue weighted by atomic mass is 16.4. The van der Waals surface area contributed by atoms with Crippen molar-refractivity contribution in [2.45, 2.75) is 12.8 Å². The Morgan fingerprint density at radius 1 is 1.75 bits per heavy atom. The maximum Gasteiger partial charge on any atom is 0.269 e.